The zero-order chi connectivity index (χ0) is 12.6. The van der Waals surface area contributed by atoms with Gasteiger partial charge in [0.1, 0.15) is 5.44 Å². The maximum absolute atomic E-state index is 11.7. The van der Waals surface area contributed by atoms with Crippen molar-refractivity contribution in [1.29, 1.82) is 0 Å². The number of carbonyl (C=O) groups is 1. The number of benzene rings is 1. The Morgan fingerprint density at radius 3 is 2.89 bits per heavy atom. The fourth-order valence-corrected chi connectivity index (χ4v) is 3.61. The van der Waals surface area contributed by atoms with Gasteiger partial charge in [-0.3, -0.25) is 4.79 Å². The summed E-state index contributed by atoms with van der Waals surface area (Å²) in [6.07, 6.45) is 3.79. The highest BCUT2D eigenvalue weighted by atomic mass is 32.2. The highest BCUT2D eigenvalue weighted by Gasteiger charge is 2.15. The molecule has 0 aromatic heterocycles. The van der Waals surface area contributed by atoms with Crippen LogP contribution in [0.2, 0.25) is 0 Å². The molecule has 4 heteroatoms. The van der Waals surface area contributed by atoms with Crippen molar-refractivity contribution in [3.63, 3.8) is 0 Å². The van der Waals surface area contributed by atoms with Crippen LogP contribution < -0.4 is 0 Å². The summed E-state index contributed by atoms with van der Waals surface area (Å²) in [5, 5.41) is 0.265. The van der Waals surface area contributed by atoms with Crippen LogP contribution in [0.4, 0.5) is 0 Å². The van der Waals surface area contributed by atoms with Crippen LogP contribution in [-0.4, -0.2) is 22.9 Å². The molecule has 0 radical (unpaired) electrons. The number of unbranched alkanes of at least 4 members (excludes halogenated alkanes) is 1. The van der Waals surface area contributed by atoms with Crippen molar-refractivity contribution in [2.45, 2.75) is 36.0 Å². The van der Waals surface area contributed by atoms with E-state index in [-0.39, 0.29) is 5.12 Å². The summed E-state index contributed by atoms with van der Waals surface area (Å²) in [5.74, 6) is 1.12. The van der Waals surface area contributed by atoms with Gasteiger partial charge in [0.05, 0.1) is 6.61 Å². The molecular formula is C14H18O2S2. The van der Waals surface area contributed by atoms with Crippen LogP contribution in [0.5, 0.6) is 0 Å². The number of ether oxygens (including phenoxy) is 1. The summed E-state index contributed by atoms with van der Waals surface area (Å²) in [6, 6.07) is 9.85. The second-order valence-corrected chi connectivity index (χ2v) is 6.60. The summed E-state index contributed by atoms with van der Waals surface area (Å²) in [4.78, 5) is 12.8. The van der Waals surface area contributed by atoms with Crippen LogP contribution >= 0.6 is 23.5 Å². The average Bonchev–Trinajstić information content (AvgIpc) is 2.89. The van der Waals surface area contributed by atoms with Crippen LogP contribution in [0.1, 0.15) is 25.7 Å². The summed E-state index contributed by atoms with van der Waals surface area (Å²) in [7, 11) is 0. The third-order valence-electron chi connectivity index (χ3n) is 2.74. The quantitative estimate of drug-likeness (QED) is 0.583. The normalized spacial score (nSPS) is 19.0. The first-order valence-corrected chi connectivity index (χ1v) is 8.20. The fourth-order valence-electron chi connectivity index (χ4n) is 1.83. The van der Waals surface area contributed by atoms with Crippen LogP contribution in [0.15, 0.2) is 35.2 Å². The predicted molar refractivity (Wildman–Crippen MR) is 78.0 cm³/mol. The molecule has 1 atom stereocenters. The van der Waals surface area contributed by atoms with E-state index in [0.29, 0.717) is 11.9 Å². The predicted octanol–water partition coefficient (Wildman–Crippen LogP) is 3.96. The van der Waals surface area contributed by atoms with Crippen molar-refractivity contribution in [1.82, 2.24) is 0 Å². The van der Waals surface area contributed by atoms with E-state index in [1.54, 1.807) is 0 Å². The molecule has 0 aliphatic carbocycles. The Balaban J connectivity index is 1.57. The third-order valence-corrected chi connectivity index (χ3v) is 4.82. The first-order valence-electron chi connectivity index (χ1n) is 6.33. The zero-order valence-electron chi connectivity index (χ0n) is 10.3. The highest BCUT2D eigenvalue weighted by molar-refractivity contribution is 8.13. The van der Waals surface area contributed by atoms with E-state index in [0.717, 1.165) is 36.5 Å². The van der Waals surface area contributed by atoms with E-state index in [1.807, 2.05) is 42.1 Å². The molecule has 0 spiro atoms. The molecular weight excluding hydrogens is 264 g/mol. The average molecular weight is 282 g/mol. The Hall–Kier alpha value is -0.450. The Labute approximate surface area is 117 Å². The van der Waals surface area contributed by atoms with Crippen molar-refractivity contribution >= 4 is 28.6 Å². The monoisotopic (exact) mass is 282 g/mol. The van der Waals surface area contributed by atoms with E-state index < -0.39 is 0 Å². The Bertz CT molecular complexity index is 361. The van der Waals surface area contributed by atoms with Gasteiger partial charge in [0, 0.05) is 17.1 Å². The van der Waals surface area contributed by atoms with Gasteiger partial charge in [0.15, 0.2) is 5.12 Å². The van der Waals surface area contributed by atoms with Crippen LogP contribution in [0.25, 0.3) is 0 Å². The molecule has 1 fully saturated rings. The van der Waals surface area contributed by atoms with Gasteiger partial charge in [-0.2, -0.15) is 0 Å². The van der Waals surface area contributed by atoms with Gasteiger partial charge in [0.2, 0.25) is 0 Å². The number of rotatable bonds is 6. The Kier molecular flexibility index (Phi) is 6.11. The molecule has 0 amide bonds. The largest absolute Gasteiger partial charge is 0.367 e. The lowest BCUT2D eigenvalue weighted by Gasteiger charge is -2.07. The molecule has 1 unspecified atom stereocenters. The van der Waals surface area contributed by atoms with Gasteiger partial charge in [-0.15, -0.1) is 11.8 Å². The van der Waals surface area contributed by atoms with Gasteiger partial charge >= 0.3 is 0 Å². The SMILES string of the molecule is O=C(CCCCC1OCCS1)Sc1ccccc1. The smallest absolute Gasteiger partial charge is 0.193 e. The molecule has 0 bridgehead atoms. The minimum Gasteiger partial charge on any atom is -0.367 e. The lowest BCUT2D eigenvalue weighted by Crippen LogP contribution is -2.01. The molecule has 2 nitrogen and oxygen atoms in total. The summed E-state index contributed by atoms with van der Waals surface area (Å²) in [5.41, 5.74) is 0.377. The van der Waals surface area contributed by atoms with E-state index in [9.17, 15) is 4.79 Å². The Morgan fingerprint density at radius 2 is 2.17 bits per heavy atom. The summed E-state index contributed by atoms with van der Waals surface area (Å²) < 4.78 is 5.53. The van der Waals surface area contributed by atoms with Gasteiger partial charge in [-0.1, -0.05) is 30.0 Å². The minimum absolute atomic E-state index is 0.265. The molecule has 0 saturated carbocycles. The van der Waals surface area contributed by atoms with Crippen molar-refractivity contribution in [3.8, 4) is 0 Å². The lowest BCUT2D eigenvalue weighted by atomic mass is 10.2. The highest BCUT2D eigenvalue weighted by Crippen LogP contribution is 2.25. The van der Waals surface area contributed by atoms with Crippen molar-refractivity contribution in [2.75, 3.05) is 12.4 Å². The maximum Gasteiger partial charge on any atom is 0.193 e. The van der Waals surface area contributed by atoms with E-state index in [2.05, 4.69) is 0 Å². The number of hydrogen-bond acceptors (Lipinski definition) is 4. The van der Waals surface area contributed by atoms with E-state index in [4.69, 9.17) is 4.74 Å². The van der Waals surface area contributed by atoms with E-state index >= 15 is 0 Å². The second-order valence-electron chi connectivity index (χ2n) is 4.20. The van der Waals surface area contributed by atoms with Crippen molar-refractivity contribution < 1.29 is 9.53 Å². The van der Waals surface area contributed by atoms with E-state index in [1.165, 1.54) is 11.8 Å². The summed E-state index contributed by atoms with van der Waals surface area (Å²) in [6.45, 7) is 0.887. The maximum atomic E-state index is 11.7. The zero-order valence-corrected chi connectivity index (χ0v) is 12.0. The Morgan fingerprint density at radius 1 is 1.33 bits per heavy atom. The molecule has 1 aromatic rings. The van der Waals surface area contributed by atoms with Gasteiger partial charge in [-0.05, 0) is 31.4 Å². The number of hydrogen-bond donors (Lipinski definition) is 0. The molecule has 98 valence electrons. The molecule has 1 aliphatic rings. The van der Waals surface area contributed by atoms with Crippen molar-refractivity contribution in [2.24, 2.45) is 0 Å². The van der Waals surface area contributed by atoms with Gasteiger partial charge in [-0.25, -0.2) is 0 Å². The van der Waals surface area contributed by atoms with Crippen LogP contribution in [-0.2, 0) is 9.53 Å². The molecule has 1 aliphatic heterocycles. The second kappa shape index (κ2) is 7.87. The first kappa shape index (κ1) is 14.0. The first-order chi connectivity index (χ1) is 8.84. The fraction of sp³-hybridized carbons (Fsp3) is 0.500. The molecule has 1 saturated heterocycles. The van der Waals surface area contributed by atoms with Gasteiger partial charge in [0.25, 0.3) is 0 Å². The van der Waals surface area contributed by atoms with Crippen molar-refractivity contribution in [3.05, 3.63) is 30.3 Å². The molecule has 2 rings (SSSR count). The summed E-state index contributed by atoms with van der Waals surface area (Å²) >= 11 is 3.24. The number of thioether (sulfide) groups is 2. The van der Waals surface area contributed by atoms with Gasteiger partial charge < -0.3 is 4.74 Å². The molecule has 0 N–H and O–H groups in total. The lowest BCUT2D eigenvalue weighted by molar-refractivity contribution is -0.111. The molecule has 1 heterocycles. The number of carbonyl (C=O) groups excluding carboxylic acids is 1. The standard InChI is InChI=1S/C14H18O2S2/c15-13(18-12-6-2-1-3-7-12)8-4-5-9-14-16-10-11-17-14/h1-3,6-7,14H,4-5,8-11H2. The molecule has 18 heavy (non-hydrogen) atoms. The molecule has 1 aromatic carbocycles. The third kappa shape index (κ3) is 5.04. The topological polar surface area (TPSA) is 26.3 Å². The van der Waals surface area contributed by atoms with Crippen LogP contribution in [0, 0.1) is 0 Å². The van der Waals surface area contributed by atoms with Crippen LogP contribution in [0.3, 0.4) is 0 Å². The minimum atomic E-state index is 0.265.